The van der Waals surface area contributed by atoms with Crippen molar-refractivity contribution in [2.75, 3.05) is 31.1 Å². The van der Waals surface area contributed by atoms with Gasteiger partial charge in [0.25, 0.3) is 0 Å². The van der Waals surface area contributed by atoms with Crippen LogP contribution in [0.4, 0.5) is 5.69 Å². The van der Waals surface area contributed by atoms with E-state index in [2.05, 4.69) is 22.5 Å². The summed E-state index contributed by atoms with van der Waals surface area (Å²) in [4.78, 5) is 16.7. The first kappa shape index (κ1) is 16.9. The lowest BCUT2D eigenvalue weighted by molar-refractivity contribution is -0.131. The molecule has 0 unspecified atom stereocenters. The van der Waals surface area contributed by atoms with Crippen molar-refractivity contribution in [2.24, 2.45) is 0 Å². The van der Waals surface area contributed by atoms with Crippen LogP contribution in [0.5, 0.6) is 0 Å². The van der Waals surface area contributed by atoms with E-state index in [0.29, 0.717) is 6.42 Å². The van der Waals surface area contributed by atoms with Crippen molar-refractivity contribution in [3.05, 3.63) is 53.3 Å². The zero-order chi connectivity index (χ0) is 16.9. The molecule has 24 heavy (non-hydrogen) atoms. The quantitative estimate of drug-likeness (QED) is 0.828. The summed E-state index contributed by atoms with van der Waals surface area (Å²) >= 11 is 6.12. The normalized spacial score (nSPS) is 14.9. The minimum Gasteiger partial charge on any atom is -0.368 e. The summed E-state index contributed by atoms with van der Waals surface area (Å²) in [6.45, 7) is 6.31. The van der Waals surface area contributed by atoms with Gasteiger partial charge in [-0.3, -0.25) is 4.79 Å². The summed E-state index contributed by atoms with van der Waals surface area (Å²) in [6, 6.07) is 10.0. The summed E-state index contributed by atoms with van der Waals surface area (Å²) in [5, 5.41) is 0.763. The minimum absolute atomic E-state index is 0.268. The Bertz CT molecular complexity index is 676. The molecular formula is C19H24ClN3O. The van der Waals surface area contributed by atoms with Gasteiger partial charge in [-0.2, -0.15) is 0 Å². The molecule has 3 rings (SSSR count). The Morgan fingerprint density at radius 3 is 2.54 bits per heavy atom. The van der Waals surface area contributed by atoms with Crippen LogP contribution in [0.1, 0.15) is 18.4 Å². The Hall–Kier alpha value is -1.94. The molecule has 0 bridgehead atoms. The number of benzene rings is 1. The van der Waals surface area contributed by atoms with Crippen molar-refractivity contribution in [3.8, 4) is 0 Å². The molecule has 1 amide bonds. The van der Waals surface area contributed by atoms with Gasteiger partial charge in [0.05, 0.1) is 0 Å². The van der Waals surface area contributed by atoms with Crippen LogP contribution in [-0.4, -0.2) is 41.6 Å². The molecule has 1 aromatic heterocycles. The fourth-order valence-electron chi connectivity index (χ4n) is 3.21. The third kappa shape index (κ3) is 4.12. The molecule has 0 radical (unpaired) electrons. The van der Waals surface area contributed by atoms with Crippen LogP contribution in [0.2, 0.25) is 5.02 Å². The van der Waals surface area contributed by atoms with Gasteiger partial charge in [0, 0.05) is 62.2 Å². The van der Waals surface area contributed by atoms with Gasteiger partial charge in [-0.25, -0.2) is 0 Å². The van der Waals surface area contributed by atoms with Crippen LogP contribution in [-0.2, 0) is 11.3 Å². The largest absolute Gasteiger partial charge is 0.368 e. The second kappa shape index (κ2) is 7.75. The Balaban J connectivity index is 1.47. The van der Waals surface area contributed by atoms with E-state index in [1.165, 1.54) is 11.3 Å². The van der Waals surface area contributed by atoms with Crippen molar-refractivity contribution >= 4 is 23.2 Å². The zero-order valence-corrected chi connectivity index (χ0v) is 14.9. The number of rotatable bonds is 5. The number of hydrogen-bond acceptors (Lipinski definition) is 2. The zero-order valence-electron chi connectivity index (χ0n) is 14.1. The maximum Gasteiger partial charge on any atom is 0.222 e. The molecule has 1 aromatic carbocycles. The Morgan fingerprint density at radius 1 is 1.12 bits per heavy atom. The molecule has 0 atom stereocenters. The van der Waals surface area contributed by atoms with E-state index in [9.17, 15) is 4.79 Å². The highest BCUT2D eigenvalue weighted by atomic mass is 35.5. The van der Waals surface area contributed by atoms with E-state index in [-0.39, 0.29) is 5.91 Å². The lowest BCUT2D eigenvalue weighted by Gasteiger charge is -2.37. The van der Waals surface area contributed by atoms with E-state index >= 15 is 0 Å². The van der Waals surface area contributed by atoms with Gasteiger partial charge in [0.15, 0.2) is 0 Å². The second-order valence-electron chi connectivity index (χ2n) is 6.32. The van der Waals surface area contributed by atoms with Gasteiger partial charge in [0.2, 0.25) is 5.91 Å². The summed E-state index contributed by atoms with van der Waals surface area (Å²) < 4.78 is 2.12. The molecule has 1 aliphatic rings. The van der Waals surface area contributed by atoms with Crippen LogP contribution < -0.4 is 4.90 Å². The van der Waals surface area contributed by atoms with Crippen molar-refractivity contribution in [1.29, 1.82) is 0 Å². The van der Waals surface area contributed by atoms with Crippen molar-refractivity contribution in [3.63, 3.8) is 0 Å². The molecule has 128 valence electrons. The van der Waals surface area contributed by atoms with Crippen LogP contribution in [0.15, 0.2) is 42.7 Å². The molecule has 1 saturated heterocycles. The highest BCUT2D eigenvalue weighted by molar-refractivity contribution is 6.30. The molecule has 1 aliphatic heterocycles. The van der Waals surface area contributed by atoms with Gasteiger partial charge in [-0.1, -0.05) is 17.7 Å². The molecule has 0 saturated carbocycles. The van der Waals surface area contributed by atoms with E-state index in [4.69, 9.17) is 11.6 Å². The predicted octanol–water partition coefficient (Wildman–Crippen LogP) is 3.58. The van der Waals surface area contributed by atoms with Crippen molar-refractivity contribution in [2.45, 2.75) is 26.3 Å². The second-order valence-corrected chi connectivity index (χ2v) is 6.76. The summed E-state index contributed by atoms with van der Waals surface area (Å²) in [6.07, 6.45) is 5.59. The SMILES string of the molecule is Cc1ccc(Cl)cc1N1CCN(C(=O)CCCn2cccc2)CC1. The van der Waals surface area contributed by atoms with E-state index in [1.807, 2.05) is 41.6 Å². The average Bonchev–Trinajstić information content (AvgIpc) is 3.10. The molecule has 1 fully saturated rings. The first-order chi connectivity index (χ1) is 11.6. The van der Waals surface area contributed by atoms with Gasteiger partial charge in [0.1, 0.15) is 0 Å². The van der Waals surface area contributed by atoms with Gasteiger partial charge in [-0.15, -0.1) is 0 Å². The number of aryl methyl sites for hydroxylation is 2. The summed E-state index contributed by atoms with van der Waals surface area (Å²) in [5.41, 5.74) is 2.41. The number of halogens is 1. The highest BCUT2D eigenvalue weighted by Crippen LogP contribution is 2.25. The van der Waals surface area contributed by atoms with Crippen molar-refractivity contribution < 1.29 is 4.79 Å². The van der Waals surface area contributed by atoms with E-state index in [1.54, 1.807) is 0 Å². The third-order valence-corrected chi connectivity index (χ3v) is 4.85. The van der Waals surface area contributed by atoms with E-state index in [0.717, 1.165) is 44.2 Å². The fraction of sp³-hybridized carbons (Fsp3) is 0.421. The number of carbonyl (C=O) groups excluding carboxylic acids is 1. The molecule has 0 spiro atoms. The minimum atomic E-state index is 0.268. The number of nitrogens with zero attached hydrogens (tertiary/aromatic N) is 3. The topological polar surface area (TPSA) is 28.5 Å². The molecule has 0 N–H and O–H groups in total. The smallest absolute Gasteiger partial charge is 0.222 e. The predicted molar refractivity (Wildman–Crippen MR) is 98.6 cm³/mol. The third-order valence-electron chi connectivity index (χ3n) is 4.62. The molecule has 4 nitrogen and oxygen atoms in total. The first-order valence-electron chi connectivity index (χ1n) is 8.53. The maximum atomic E-state index is 12.4. The highest BCUT2D eigenvalue weighted by Gasteiger charge is 2.21. The van der Waals surface area contributed by atoms with Gasteiger partial charge < -0.3 is 14.4 Å². The van der Waals surface area contributed by atoms with Crippen LogP contribution in [0, 0.1) is 6.92 Å². The Labute approximate surface area is 148 Å². The van der Waals surface area contributed by atoms with Crippen molar-refractivity contribution in [1.82, 2.24) is 9.47 Å². The van der Waals surface area contributed by atoms with Crippen LogP contribution >= 0.6 is 11.6 Å². The Morgan fingerprint density at radius 2 is 1.83 bits per heavy atom. The molecule has 5 heteroatoms. The first-order valence-corrected chi connectivity index (χ1v) is 8.91. The number of amides is 1. The number of carbonyl (C=O) groups is 1. The van der Waals surface area contributed by atoms with Gasteiger partial charge in [-0.05, 0) is 43.2 Å². The van der Waals surface area contributed by atoms with E-state index < -0.39 is 0 Å². The molecule has 2 aromatic rings. The summed E-state index contributed by atoms with van der Waals surface area (Å²) in [5.74, 6) is 0.268. The van der Waals surface area contributed by atoms with Crippen LogP contribution in [0.3, 0.4) is 0 Å². The molecular weight excluding hydrogens is 322 g/mol. The lowest BCUT2D eigenvalue weighted by atomic mass is 10.1. The lowest BCUT2D eigenvalue weighted by Crippen LogP contribution is -2.49. The monoisotopic (exact) mass is 345 g/mol. The number of piperazine rings is 1. The average molecular weight is 346 g/mol. The van der Waals surface area contributed by atoms with Crippen LogP contribution in [0.25, 0.3) is 0 Å². The molecule has 0 aliphatic carbocycles. The standard InChI is InChI=1S/C19H24ClN3O/c1-16-6-7-17(20)15-18(16)22-11-13-23(14-12-22)19(24)5-4-10-21-8-2-3-9-21/h2-3,6-9,15H,4-5,10-14H2,1H3. The summed E-state index contributed by atoms with van der Waals surface area (Å²) in [7, 11) is 0. The fourth-order valence-corrected chi connectivity index (χ4v) is 3.38. The Kier molecular flexibility index (Phi) is 5.46. The van der Waals surface area contributed by atoms with Gasteiger partial charge >= 0.3 is 0 Å². The number of hydrogen-bond donors (Lipinski definition) is 0. The number of aromatic nitrogens is 1. The molecule has 2 heterocycles. The number of anilines is 1. The maximum absolute atomic E-state index is 12.4.